The van der Waals surface area contributed by atoms with E-state index < -0.39 is 24.6 Å². The summed E-state index contributed by atoms with van der Waals surface area (Å²) in [6.45, 7) is -1.85. The molecule has 0 aliphatic carbocycles. The normalized spacial score (nSPS) is 10.0. The first-order valence-electron chi connectivity index (χ1n) is 6.18. The Labute approximate surface area is 148 Å². The van der Waals surface area contributed by atoms with Gasteiger partial charge in [0.1, 0.15) is 0 Å². The van der Waals surface area contributed by atoms with Crippen molar-refractivity contribution in [2.24, 2.45) is 5.73 Å². The predicted molar refractivity (Wildman–Crippen MR) is 84.2 cm³/mol. The molecule has 4 N–H and O–H groups in total. The number of aromatic nitrogens is 1. The smallest absolute Gasteiger partial charge is 0.422 e. The van der Waals surface area contributed by atoms with Crippen LogP contribution in [-0.2, 0) is 16.1 Å². The Kier molecular flexibility index (Phi) is 11.9. The molecule has 0 aliphatic rings. The number of nitrogens with zero attached hydrogens (tertiary/aromatic N) is 1. The van der Waals surface area contributed by atoms with Crippen molar-refractivity contribution in [1.29, 1.82) is 0 Å². The van der Waals surface area contributed by atoms with Gasteiger partial charge in [-0.1, -0.05) is 0 Å². The number of amides is 2. The Morgan fingerprint density at radius 3 is 2.46 bits per heavy atom. The maximum Gasteiger partial charge on any atom is 0.422 e. The van der Waals surface area contributed by atoms with Crippen molar-refractivity contribution < 1.29 is 27.5 Å². The van der Waals surface area contributed by atoms with Crippen LogP contribution >= 0.6 is 24.8 Å². The van der Waals surface area contributed by atoms with Crippen molar-refractivity contribution in [1.82, 2.24) is 15.6 Å². The Morgan fingerprint density at radius 1 is 1.21 bits per heavy atom. The Hall–Kier alpha value is -1.78. The van der Waals surface area contributed by atoms with E-state index in [1.807, 2.05) is 0 Å². The predicted octanol–water partition coefficient (Wildman–Crippen LogP) is 0.557. The highest BCUT2D eigenvalue weighted by Crippen LogP contribution is 2.17. The van der Waals surface area contributed by atoms with Crippen molar-refractivity contribution in [2.45, 2.75) is 12.7 Å². The number of halogens is 5. The molecule has 7 nitrogen and oxygen atoms in total. The van der Waals surface area contributed by atoms with Gasteiger partial charge in [-0.2, -0.15) is 13.2 Å². The van der Waals surface area contributed by atoms with Gasteiger partial charge in [-0.05, 0) is 11.6 Å². The number of ether oxygens (including phenoxy) is 1. The zero-order valence-electron chi connectivity index (χ0n) is 12.3. The van der Waals surface area contributed by atoms with Gasteiger partial charge >= 0.3 is 6.18 Å². The third-order valence-electron chi connectivity index (χ3n) is 2.30. The summed E-state index contributed by atoms with van der Waals surface area (Å²) < 4.78 is 40.6. The van der Waals surface area contributed by atoms with Crippen LogP contribution in [0.1, 0.15) is 5.56 Å². The average Bonchev–Trinajstić information content (AvgIpc) is 2.48. The lowest BCUT2D eigenvalue weighted by Gasteiger charge is -2.10. The molecule has 0 saturated heterocycles. The fourth-order valence-corrected chi connectivity index (χ4v) is 1.31. The van der Waals surface area contributed by atoms with Crippen molar-refractivity contribution in [3.8, 4) is 5.88 Å². The van der Waals surface area contributed by atoms with E-state index in [2.05, 4.69) is 20.4 Å². The SMILES string of the molecule is Cl.Cl.NCC(=O)NCC(=O)NCc1ccnc(OCC(F)(F)F)c1. The van der Waals surface area contributed by atoms with E-state index in [-0.39, 0.29) is 50.3 Å². The number of pyridine rings is 1. The Balaban J connectivity index is 0. The van der Waals surface area contributed by atoms with Gasteiger partial charge in [0.15, 0.2) is 6.61 Å². The highest BCUT2D eigenvalue weighted by molar-refractivity contribution is 5.86. The minimum Gasteiger partial charge on any atom is -0.468 e. The fraction of sp³-hybridized carbons (Fsp3) is 0.417. The molecule has 1 aromatic rings. The van der Waals surface area contributed by atoms with Crippen LogP contribution in [-0.4, -0.2) is 42.7 Å². The van der Waals surface area contributed by atoms with E-state index in [0.29, 0.717) is 5.56 Å². The lowest BCUT2D eigenvalue weighted by Crippen LogP contribution is -2.39. The highest BCUT2D eigenvalue weighted by Gasteiger charge is 2.28. The number of carbonyl (C=O) groups excluding carboxylic acids is 2. The maximum atomic E-state index is 12.0. The third kappa shape index (κ3) is 10.9. The largest absolute Gasteiger partial charge is 0.468 e. The molecule has 0 fully saturated rings. The second-order valence-electron chi connectivity index (χ2n) is 4.16. The van der Waals surface area contributed by atoms with Crippen molar-refractivity contribution in [3.63, 3.8) is 0 Å². The van der Waals surface area contributed by atoms with Crippen molar-refractivity contribution in [2.75, 3.05) is 19.7 Å². The van der Waals surface area contributed by atoms with E-state index >= 15 is 0 Å². The van der Waals surface area contributed by atoms with Crippen LogP contribution < -0.4 is 21.1 Å². The first-order valence-corrected chi connectivity index (χ1v) is 6.18. The molecular formula is C12H17Cl2F3N4O3. The maximum absolute atomic E-state index is 12.0. The number of alkyl halides is 3. The summed E-state index contributed by atoms with van der Waals surface area (Å²) in [5.41, 5.74) is 5.56. The summed E-state index contributed by atoms with van der Waals surface area (Å²) >= 11 is 0. The fourth-order valence-electron chi connectivity index (χ4n) is 1.31. The first kappa shape index (κ1) is 24.5. The average molecular weight is 393 g/mol. The van der Waals surface area contributed by atoms with Gasteiger partial charge < -0.3 is 21.1 Å². The van der Waals surface area contributed by atoms with Crippen LogP contribution in [0.3, 0.4) is 0 Å². The Morgan fingerprint density at radius 2 is 1.88 bits per heavy atom. The van der Waals surface area contributed by atoms with Crippen molar-refractivity contribution >= 4 is 36.6 Å². The molecule has 0 atom stereocenters. The summed E-state index contributed by atoms with van der Waals surface area (Å²) in [5, 5.41) is 4.76. The van der Waals surface area contributed by atoms with Gasteiger partial charge in [-0.3, -0.25) is 9.59 Å². The number of nitrogens with one attached hydrogen (secondary N) is 2. The van der Waals surface area contributed by atoms with E-state index in [4.69, 9.17) is 5.73 Å². The minimum atomic E-state index is -4.45. The molecule has 2 amide bonds. The zero-order valence-corrected chi connectivity index (χ0v) is 13.9. The standard InChI is InChI=1S/C12H15F3N4O3.2ClH/c13-12(14,15)7-22-11-3-8(1-2-17-11)5-18-10(21)6-19-9(20)4-16;;/h1-3H,4-7,16H2,(H,18,21)(H,19,20);2*1H. The number of hydrogen-bond acceptors (Lipinski definition) is 5. The summed E-state index contributed by atoms with van der Waals surface area (Å²) in [4.78, 5) is 25.9. The van der Waals surface area contributed by atoms with E-state index in [1.165, 1.54) is 18.3 Å². The van der Waals surface area contributed by atoms with Gasteiger partial charge in [0.25, 0.3) is 0 Å². The molecule has 138 valence electrons. The molecule has 12 heteroatoms. The molecule has 24 heavy (non-hydrogen) atoms. The molecule has 1 heterocycles. The van der Waals surface area contributed by atoms with Crippen LogP contribution in [0.2, 0.25) is 0 Å². The molecule has 0 radical (unpaired) electrons. The van der Waals surface area contributed by atoms with Crippen LogP contribution in [0.25, 0.3) is 0 Å². The summed E-state index contributed by atoms with van der Waals surface area (Å²) in [6, 6.07) is 2.80. The van der Waals surface area contributed by atoms with E-state index in [0.717, 1.165) is 0 Å². The summed E-state index contributed by atoms with van der Waals surface area (Å²) in [7, 11) is 0. The van der Waals surface area contributed by atoms with Crippen molar-refractivity contribution in [3.05, 3.63) is 23.9 Å². The molecule has 0 saturated carbocycles. The van der Waals surface area contributed by atoms with Crippen LogP contribution in [0.5, 0.6) is 5.88 Å². The van der Waals surface area contributed by atoms with Gasteiger partial charge in [-0.25, -0.2) is 4.98 Å². The molecule has 0 unspecified atom stereocenters. The second kappa shape index (κ2) is 11.7. The first-order chi connectivity index (χ1) is 10.3. The van der Waals surface area contributed by atoms with Crippen LogP contribution in [0, 0.1) is 0 Å². The second-order valence-corrected chi connectivity index (χ2v) is 4.16. The zero-order chi connectivity index (χ0) is 16.6. The molecular weight excluding hydrogens is 376 g/mol. The van der Waals surface area contributed by atoms with Gasteiger partial charge in [0.2, 0.25) is 17.7 Å². The molecule has 0 aliphatic heterocycles. The van der Waals surface area contributed by atoms with Gasteiger partial charge in [0.05, 0.1) is 13.1 Å². The highest BCUT2D eigenvalue weighted by atomic mass is 35.5. The number of nitrogens with two attached hydrogens (primary N) is 1. The molecule has 0 aromatic carbocycles. The summed E-state index contributed by atoms with van der Waals surface area (Å²) in [5.74, 6) is -1.13. The summed E-state index contributed by atoms with van der Waals surface area (Å²) in [6.07, 6.45) is -3.18. The van der Waals surface area contributed by atoms with Gasteiger partial charge in [0, 0.05) is 18.8 Å². The van der Waals surface area contributed by atoms with E-state index in [9.17, 15) is 22.8 Å². The minimum absolute atomic E-state index is 0. The van der Waals surface area contributed by atoms with Gasteiger partial charge in [-0.15, -0.1) is 24.8 Å². The number of rotatable bonds is 7. The number of hydrogen-bond donors (Lipinski definition) is 3. The molecule has 0 spiro atoms. The monoisotopic (exact) mass is 392 g/mol. The quantitative estimate of drug-likeness (QED) is 0.628. The van der Waals surface area contributed by atoms with Crippen LogP contribution in [0.4, 0.5) is 13.2 Å². The Bertz CT molecular complexity index is 533. The number of carbonyl (C=O) groups is 2. The lowest BCUT2D eigenvalue weighted by molar-refractivity contribution is -0.154. The third-order valence-corrected chi connectivity index (χ3v) is 2.30. The molecule has 0 bridgehead atoms. The van der Waals surface area contributed by atoms with E-state index in [1.54, 1.807) is 0 Å². The lowest BCUT2D eigenvalue weighted by atomic mass is 10.2. The topological polar surface area (TPSA) is 106 Å². The van der Waals surface area contributed by atoms with Crippen LogP contribution in [0.15, 0.2) is 18.3 Å². The molecule has 1 aromatic heterocycles. The molecule has 1 rings (SSSR count).